The van der Waals surface area contributed by atoms with Gasteiger partial charge in [-0.15, -0.1) is 0 Å². The molecule has 4 nitrogen and oxygen atoms in total. The average Bonchev–Trinajstić information content (AvgIpc) is 3.86. The molecule has 0 spiro atoms. The summed E-state index contributed by atoms with van der Waals surface area (Å²) in [4.78, 5) is 11.3. The summed E-state index contributed by atoms with van der Waals surface area (Å²) in [5, 5.41) is 9.21. The van der Waals surface area contributed by atoms with Crippen molar-refractivity contribution in [3.63, 3.8) is 0 Å². The molecule has 61 heavy (non-hydrogen) atoms. The minimum atomic E-state index is 0.104. The zero-order valence-corrected chi connectivity index (χ0v) is 33.6. The second-order valence-electron chi connectivity index (χ2n) is 16.1. The molecule has 0 saturated heterocycles. The summed E-state index contributed by atoms with van der Waals surface area (Å²) in [5.41, 5.74) is 12.2. The highest BCUT2D eigenvalue weighted by atomic mass is 16.3. The van der Waals surface area contributed by atoms with Gasteiger partial charge in [0, 0.05) is 44.2 Å². The van der Waals surface area contributed by atoms with Crippen molar-refractivity contribution in [2.45, 2.75) is 13.3 Å². The van der Waals surface area contributed by atoms with Crippen LogP contribution in [0.5, 0.6) is 0 Å². The molecule has 1 unspecified atom stereocenters. The van der Waals surface area contributed by atoms with Crippen molar-refractivity contribution in [2.24, 2.45) is 15.9 Å². The van der Waals surface area contributed by atoms with E-state index < -0.39 is 0 Å². The third-order valence-corrected chi connectivity index (χ3v) is 12.4. The van der Waals surface area contributed by atoms with E-state index in [-0.39, 0.29) is 5.92 Å². The number of furan rings is 1. The number of allylic oxidation sites excluding steroid dienone is 1. The van der Waals surface area contributed by atoms with Crippen molar-refractivity contribution in [3.05, 3.63) is 217 Å². The van der Waals surface area contributed by atoms with Gasteiger partial charge >= 0.3 is 0 Å². The molecule has 1 aliphatic rings. The average molecular weight is 782 g/mol. The van der Waals surface area contributed by atoms with Crippen molar-refractivity contribution < 1.29 is 4.42 Å². The Kier molecular flexibility index (Phi) is 8.17. The highest BCUT2D eigenvalue weighted by molar-refractivity contribution is 6.25. The lowest BCUT2D eigenvalue weighted by Crippen LogP contribution is -2.17. The number of para-hydroxylation sites is 2. The summed E-state index contributed by atoms with van der Waals surface area (Å²) in [6.07, 6.45) is 3.09. The van der Waals surface area contributed by atoms with E-state index in [1.807, 2.05) is 6.07 Å². The van der Waals surface area contributed by atoms with Crippen molar-refractivity contribution in [3.8, 4) is 16.8 Å². The number of aliphatic imine (C=N–C) groups is 2. The topological polar surface area (TPSA) is 42.8 Å². The van der Waals surface area contributed by atoms with Gasteiger partial charge in [-0.25, -0.2) is 9.98 Å². The van der Waals surface area contributed by atoms with Crippen LogP contribution in [-0.2, 0) is 0 Å². The monoisotopic (exact) mass is 781 g/mol. The molecule has 12 rings (SSSR count). The number of hydrogen-bond donors (Lipinski definition) is 0. The SMILES string of the molecule is CC1C/C=C(\c2cccc(-c3ccccc3)c2)N=C(c2ccc(-n3c4ccccc4c4cc5ccccc5cc43)c3oc4ccccc4c23)N=C1c1cccc2ccccc12. The fraction of sp³-hybridized carbons (Fsp3) is 0.0526. The molecule has 0 N–H and O–H groups in total. The smallest absolute Gasteiger partial charge is 0.160 e. The van der Waals surface area contributed by atoms with E-state index in [1.54, 1.807) is 0 Å². The van der Waals surface area contributed by atoms with Gasteiger partial charge in [-0.3, -0.25) is 0 Å². The number of aromatic nitrogens is 1. The van der Waals surface area contributed by atoms with Crippen LogP contribution in [0.25, 0.3) is 87.8 Å². The molecular weight excluding hydrogens is 743 g/mol. The van der Waals surface area contributed by atoms with Crippen molar-refractivity contribution in [2.75, 3.05) is 0 Å². The Morgan fingerprint density at radius 2 is 1.16 bits per heavy atom. The lowest BCUT2D eigenvalue weighted by atomic mass is 9.90. The molecule has 2 aromatic heterocycles. The molecule has 1 aliphatic heterocycles. The molecule has 288 valence electrons. The fourth-order valence-electron chi connectivity index (χ4n) is 9.47. The number of benzene rings is 9. The summed E-state index contributed by atoms with van der Waals surface area (Å²) in [6, 6.07) is 69.1. The Morgan fingerprint density at radius 3 is 2.03 bits per heavy atom. The first-order chi connectivity index (χ1) is 30.2. The molecule has 0 radical (unpaired) electrons. The zero-order chi connectivity index (χ0) is 40.4. The predicted molar refractivity (Wildman–Crippen MR) is 256 cm³/mol. The Labute approximate surface area is 353 Å². The molecule has 0 bridgehead atoms. The van der Waals surface area contributed by atoms with Gasteiger partial charge in [-0.1, -0.05) is 165 Å². The molecular formula is C57H39N3O. The summed E-state index contributed by atoms with van der Waals surface area (Å²) in [5.74, 6) is 0.758. The zero-order valence-electron chi connectivity index (χ0n) is 33.6. The number of nitrogens with zero attached hydrogens (tertiary/aromatic N) is 3. The number of rotatable bonds is 5. The molecule has 0 amide bonds. The Bertz CT molecular complexity index is 3630. The van der Waals surface area contributed by atoms with Gasteiger partial charge in [0.25, 0.3) is 0 Å². The summed E-state index contributed by atoms with van der Waals surface area (Å²) >= 11 is 0. The van der Waals surface area contributed by atoms with Crippen LogP contribution in [0.3, 0.4) is 0 Å². The van der Waals surface area contributed by atoms with E-state index in [9.17, 15) is 0 Å². The van der Waals surface area contributed by atoms with Gasteiger partial charge in [0.05, 0.1) is 28.1 Å². The van der Waals surface area contributed by atoms with Crippen LogP contribution in [0, 0.1) is 5.92 Å². The summed E-state index contributed by atoms with van der Waals surface area (Å²) < 4.78 is 9.38. The first kappa shape index (κ1) is 35.2. The van der Waals surface area contributed by atoms with Gasteiger partial charge in [-0.2, -0.15) is 0 Å². The van der Waals surface area contributed by atoms with Gasteiger partial charge in [0.1, 0.15) is 5.58 Å². The van der Waals surface area contributed by atoms with Gasteiger partial charge in [0.2, 0.25) is 0 Å². The lowest BCUT2D eigenvalue weighted by Gasteiger charge is -2.20. The molecule has 0 saturated carbocycles. The highest BCUT2D eigenvalue weighted by Gasteiger charge is 2.25. The minimum absolute atomic E-state index is 0.104. The molecule has 4 heteroatoms. The lowest BCUT2D eigenvalue weighted by molar-refractivity contribution is 0.666. The minimum Gasteiger partial charge on any atom is -0.454 e. The van der Waals surface area contributed by atoms with E-state index in [4.69, 9.17) is 14.4 Å². The first-order valence-corrected chi connectivity index (χ1v) is 21.0. The molecule has 9 aromatic carbocycles. The van der Waals surface area contributed by atoms with Crippen LogP contribution in [0.2, 0.25) is 0 Å². The van der Waals surface area contributed by atoms with E-state index >= 15 is 0 Å². The number of fused-ring (bicyclic) bond motifs is 8. The van der Waals surface area contributed by atoms with Crippen LogP contribution in [0.1, 0.15) is 30.0 Å². The molecule has 0 aliphatic carbocycles. The highest BCUT2D eigenvalue weighted by Crippen LogP contribution is 2.42. The number of hydrogen-bond acceptors (Lipinski definition) is 3. The standard InChI is InChI=1S/C57H39N3O/c1-36-29-31-49(42-22-13-21-39(33-42)37-15-3-2-4-16-37)58-57(59-55(36)45-26-14-20-38-17-7-8-23-43(38)45)47-30-32-51(56-54(47)46-25-10-12-28-53(46)61-56)60-50-27-11-9-24-44(50)48-34-40-18-5-6-19-41(40)35-52(48)60/h2-28,30-36H,29H2,1H3/b49-31+,58-57?,59-55?. The largest absolute Gasteiger partial charge is 0.454 e. The van der Waals surface area contributed by atoms with E-state index in [1.165, 1.54) is 37.9 Å². The molecule has 1 atom stereocenters. The van der Waals surface area contributed by atoms with E-state index in [0.29, 0.717) is 5.84 Å². The summed E-state index contributed by atoms with van der Waals surface area (Å²) in [7, 11) is 0. The second-order valence-corrected chi connectivity index (χ2v) is 16.1. The van der Waals surface area contributed by atoms with E-state index in [2.05, 4.69) is 206 Å². The third-order valence-electron chi connectivity index (χ3n) is 12.4. The van der Waals surface area contributed by atoms with Gasteiger partial charge < -0.3 is 8.98 Å². The third kappa shape index (κ3) is 5.83. The first-order valence-electron chi connectivity index (χ1n) is 21.0. The number of amidine groups is 1. The van der Waals surface area contributed by atoms with Crippen molar-refractivity contribution >= 4 is 82.5 Å². The Hall–Kier alpha value is -7.82. The quantitative estimate of drug-likeness (QED) is 0.171. The maximum Gasteiger partial charge on any atom is 0.160 e. The van der Waals surface area contributed by atoms with Crippen LogP contribution < -0.4 is 0 Å². The molecule has 0 fully saturated rings. The maximum atomic E-state index is 7.01. The fourth-order valence-corrected chi connectivity index (χ4v) is 9.47. The van der Waals surface area contributed by atoms with Crippen LogP contribution >= 0.6 is 0 Å². The Morgan fingerprint density at radius 1 is 0.492 bits per heavy atom. The van der Waals surface area contributed by atoms with Gasteiger partial charge in [0.15, 0.2) is 11.4 Å². The van der Waals surface area contributed by atoms with Crippen molar-refractivity contribution in [1.29, 1.82) is 0 Å². The van der Waals surface area contributed by atoms with Crippen LogP contribution in [-0.4, -0.2) is 16.1 Å². The Balaban J connectivity index is 1.14. The summed E-state index contributed by atoms with van der Waals surface area (Å²) in [6.45, 7) is 2.29. The predicted octanol–water partition coefficient (Wildman–Crippen LogP) is 15.0. The van der Waals surface area contributed by atoms with Gasteiger partial charge in [-0.05, 0) is 81.6 Å². The van der Waals surface area contributed by atoms with E-state index in [0.717, 1.165) is 78.7 Å². The normalized spacial score (nSPS) is 15.6. The maximum absolute atomic E-state index is 7.01. The second kappa shape index (κ2) is 14.2. The van der Waals surface area contributed by atoms with Crippen molar-refractivity contribution in [1.82, 2.24) is 4.57 Å². The van der Waals surface area contributed by atoms with Crippen LogP contribution in [0.4, 0.5) is 0 Å². The molecule has 11 aromatic rings. The molecule has 3 heterocycles. The van der Waals surface area contributed by atoms with Crippen LogP contribution in [0.15, 0.2) is 215 Å².